The van der Waals surface area contributed by atoms with Crippen LogP contribution in [0.2, 0.25) is 0 Å². The summed E-state index contributed by atoms with van der Waals surface area (Å²) >= 11 is 0. The highest BCUT2D eigenvalue weighted by Gasteiger charge is 2.36. The zero-order valence-corrected chi connectivity index (χ0v) is 7.36. The van der Waals surface area contributed by atoms with Gasteiger partial charge in [-0.15, -0.1) is 0 Å². The van der Waals surface area contributed by atoms with Crippen molar-refractivity contribution in [3.8, 4) is 0 Å². The Morgan fingerprint density at radius 1 is 1.25 bits per heavy atom. The third-order valence-electron chi connectivity index (χ3n) is 3.07. The summed E-state index contributed by atoms with van der Waals surface area (Å²) in [4.78, 5) is 11.2. The van der Waals surface area contributed by atoms with Crippen molar-refractivity contribution in [3.05, 3.63) is 0 Å². The maximum atomic E-state index is 11.2. The molecule has 2 fully saturated rings. The molecule has 1 atom stereocenters. The molecule has 2 saturated heterocycles. The number of hydrogen-bond acceptors (Lipinski definition) is 2. The molecule has 0 aromatic rings. The fourth-order valence-electron chi connectivity index (χ4n) is 2.35. The minimum absolute atomic E-state index is 0.241. The molecule has 1 spiro atoms. The maximum absolute atomic E-state index is 11.2. The maximum Gasteiger partial charge on any atom is 0.220 e. The van der Waals surface area contributed by atoms with E-state index < -0.39 is 0 Å². The van der Waals surface area contributed by atoms with Crippen LogP contribution < -0.4 is 10.6 Å². The molecule has 3 heteroatoms. The Bertz CT molecular complexity index is 179. The first-order valence-electron chi connectivity index (χ1n) is 4.78. The van der Waals surface area contributed by atoms with Crippen molar-refractivity contribution in [2.45, 2.75) is 25.7 Å². The summed E-state index contributed by atoms with van der Waals surface area (Å²) in [5, 5.41) is 6.27. The molecule has 0 radical (unpaired) electrons. The van der Waals surface area contributed by atoms with E-state index in [2.05, 4.69) is 10.6 Å². The van der Waals surface area contributed by atoms with Gasteiger partial charge in [-0.05, 0) is 31.2 Å². The van der Waals surface area contributed by atoms with Gasteiger partial charge < -0.3 is 10.6 Å². The molecule has 0 aromatic carbocycles. The van der Waals surface area contributed by atoms with E-state index in [1.807, 2.05) is 0 Å². The first-order chi connectivity index (χ1) is 5.81. The van der Waals surface area contributed by atoms with E-state index in [4.69, 9.17) is 0 Å². The Morgan fingerprint density at radius 3 is 2.83 bits per heavy atom. The molecule has 12 heavy (non-hydrogen) atoms. The summed E-state index contributed by atoms with van der Waals surface area (Å²) in [6.07, 6.45) is 4.35. The summed E-state index contributed by atoms with van der Waals surface area (Å²) in [6, 6.07) is 0. The van der Waals surface area contributed by atoms with Crippen molar-refractivity contribution < 1.29 is 4.79 Å². The zero-order valence-electron chi connectivity index (χ0n) is 7.36. The Hall–Kier alpha value is -0.570. The van der Waals surface area contributed by atoms with Crippen LogP contribution in [0.5, 0.6) is 0 Å². The van der Waals surface area contributed by atoms with Crippen LogP contribution in [0.1, 0.15) is 25.7 Å². The van der Waals surface area contributed by atoms with Gasteiger partial charge >= 0.3 is 0 Å². The second-order valence-corrected chi connectivity index (χ2v) is 4.06. The molecule has 2 aliphatic heterocycles. The Labute approximate surface area is 72.9 Å². The zero-order chi connectivity index (χ0) is 8.44. The van der Waals surface area contributed by atoms with E-state index >= 15 is 0 Å². The second-order valence-electron chi connectivity index (χ2n) is 4.06. The molecule has 1 unspecified atom stereocenters. The lowest BCUT2D eigenvalue weighted by Gasteiger charge is -2.40. The van der Waals surface area contributed by atoms with Gasteiger partial charge in [0.2, 0.25) is 5.91 Å². The summed E-state index contributed by atoms with van der Waals surface area (Å²) < 4.78 is 0. The van der Waals surface area contributed by atoms with Crippen LogP contribution in [0, 0.1) is 5.41 Å². The van der Waals surface area contributed by atoms with Gasteiger partial charge in [0, 0.05) is 19.5 Å². The van der Waals surface area contributed by atoms with Gasteiger partial charge in [0.05, 0.1) is 0 Å². The summed E-state index contributed by atoms with van der Waals surface area (Å²) in [6.45, 7) is 3.05. The van der Waals surface area contributed by atoms with Gasteiger partial charge in [-0.25, -0.2) is 0 Å². The summed E-state index contributed by atoms with van der Waals surface area (Å²) in [5.41, 5.74) is 0.306. The van der Waals surface area contributed by atoms with E-state index in [1.54, 1.807) is 0 Å². The van der Waals surface area contributed by atoms with Crippen molar-refractivity contribution in [1.29, 1.82) is 0 Å². The minimum atomic E-state index is 0.241. The van der Waals surface area contributed by atoms with Gasteiger partial charge in [-0.2, -0.15) is 0 Å². The monoisotopic (exact) mass is 168 g/mol. The van der Waals surface area contributed by atoms with Crippen LogP contribution in [0.4, 0.5) is 0 Å². The largest absolute Gasteiger partial charge is 0.356 e. The van der Waals surface area contributed by atoms with Gasteiger partial charge in [0.1, 0.15) is 0 Å². The number of carbonyl (C=O) groups is 1. The molecule has 0 aliphatic carbocycles. The van der Waals surface area contributed by atoms with E-state index in [1.165, 1.54) is 12.8 Å². The fourth-order valence-corrected chi connectivity index (χ4v) is 2.35. The highest BCUT2D eigenvalue weighted by atomic mass is 16.1. The predicted octanol–water partition coefficient (Wildman–Crippen LogP) is 0.266. The molecule has 3 nitrogen and oxygen atoms in total. The first kappa shape index (κ1) is 8.05. The van der Waals surface area contributed by atoms with Crippen LogP contribution in [0.3, 0.4) is 0 Å². The SMILES string of the molecule is O=C1CC2(CCCNC2)CCN1. The van der Waals surface area contributed by atoms with Crippen molar-refractivity contribution in [3.63, 3.8) is 0 Å². The molecular formula is C9H16N2O. The topological polar surface area (TPSA) is 41.1 Å². The molecule has 1 amide bonds. The van der Waals surface area contributed by atoms with Crippen LogP contribution in [0.25, 0.3) is 0 Å². The smallest absolute Gasteiger partial charge is 0.220 e. The molecular weight excluding hydrogens is 152 g/mol. The molecule has 68 valence electrons. The molecule has 2 N–H and O–H groups in total. The predicted molar refractivity (Wildman–Crippen MR) is 46.8 cm³/mol. The second kappa shape index (κ2) is 3.05. The van der Waals surface area contributed by atoms with E-state index in [0.29, 0.717) is 5.41 Å². The van der Waals surface area contributed by atoms with Crippen LogP contribution in [-0.4, -0.2) is 25.5 Å². The lowest BCUT2D eigenvalue weighted by molar-refractivity contribution is -0.126. The first-order valence-corrected chi connectivity index (χ1v) is 4.78. The normalized spacial score (nSPS) is 36.5. The van der Waals surface area contributed by atoms with Crippen molar-refractivity contribution in [2.24, 2.45) is 5.41 Å². The number of carbonyl (C=O) groups excluding carboxylic acids is 1. The van der Waals surface area contributed by atoms with Crippen molar-refractivity contribution in [2.75, 3.05) is 19.6 Å². The molecule has 2 aliphatic rings. The molecule has 0 aromatic heterocycles. The number of piperidine rings is 2. The Morgan fingerprint density at radius 2 is 2.17 bits per heavy atom. The van der Waals surface area contributed by atoms with Gasteiger partial charge in [-0.3, -0.25) is 4.79 Å². The standard InChI is InChI=1S/C9H16N2O/c12-8-6-9(3-5-11-8)2-1-4-10-7-9/h10H,1-7H2,(H,11,12). The van der Waals surface area contributed by atoms with Crippen molar-refractivity contribution in [1.82, 2.24) is 10.6 Å². The third kappa shape index (κ3) is 1.46. The summed E-state index contributed by atoms with van der Waals surface area (Å²) in [7, 11) is 0. The minimum Gasteiger partial charge on any atom is -0.356 e. The number of amides is 1. The third-order valence-corrected chi connectivity index (χ3v) is 3.07. The molecule has 0 saturated carbocycles. The Kier molecular flexibility index (Phi) is 2.05. The number of rotatable bonds is 0. The quantitative estimate of drug-likeness (QED) is 0.545. The average molecular weight is 168 g/mol. The van der Waals surface area contributed by atoms with E-state index in [0.717, 1.165) is 32.5 Å². The van der Waals surface area contributed by atoms with Gasteiger partial charge in [0.15, 0.2) is 0 Å². The highest BCUT2D eigenvalue weighted by Crippen LogP contribution is 2.35. The van der Waals surface area contributed by atoms with Crippen LogP contribution in [-0.2, 0) is 4.79 Å². The van der Waals surface area contributed by atoms with Crippen LogP contribution in [0.15, 0.2) is 0 Å². The van der Waals surface area contributed by atoms with E-state index in [-0.39, 0.29) is 5.91 Å². The number of nitrogens with one attached hydrogen (secondary N) is 2. The lowest BCUT2D eigenvalue weighted by Crippen LogP contribution is -2.48. The van der Waals surface area contributed by atoms with E-state index in [9.17, 15) is 4.79 Å². The number of hydrogen-bond donors (Lipinski definition) is 2. The Balaban J connectivity index is 2.02. The van der Waals surface area contributed by atoms with Crippen molar-refractivity contribution >= 4 is 5.91 Å². The van der Waals surface area contributed by atoms with Gasteiger partial charge in [0.25, 0.3) is 0 Å². The highest BCUT2D eigenvalue weighted by molar-refractivity contribution is 5.77. The van der Waals surface area contributed by atoms with Crippen LogP contribution >= 0.6 is 0 Å². The molecule has 0 bridgehead atoms. The average Bonchev–Trinajstić information content (AvgIpc) is 2.05. The molecule has 2 heterocycles. The fraction of sp³-hybridized carbons (Fsp3) is 0.889. The summed E-state index contributed by atoms with van der Waals surface area (Å²) in [5.74, 6) is 0.241. The molecule has 2 rings (SSSR count). The lowest BCUT2D eigenvalue weighted by atomic mass is 9.73. The van der Waals surface area contributed by atoms with Gasteiger partial charge in [-0.1, -0.05) is 0 Å².